The van der Waals surface area contributed by atoms with E-state index in [2.05, 4.69) is 25.8 Å². The first-order chi connectivity index (χ1) is 7.31. The Kier molecular flexibility index (Phi) is 4.34. The lowest BCUT2D eigenvalue weighted by atomic mass is 10.2. The second-order valence-electron chi connectivity index (χ2n) is 3.24. The zero-order valence-corrected chi connectivity index (χ0v) is 10.0. The molecule has 92 valence electrons. The summed E-state index contributed by atoms with van der Waals surface area (Å²) in [6, 6.07) is -0.649. The first-order valence-electron chi connectivity index (χ1n) is 4.38. The molecule has 0 saturated carbocycles. The topological polar surface area (TPSA) is 53.1 Å². The van der Waals surface area contributed by atoms with Gasteiger partial charge >= 0.3 is 6.18 Å². The van der Waals surface area contributed by atoms with Gasteiger partial charge in [0.15, 0.2) is 0 Å². The molecule has 0 radical (unpaired) electrons. The van der Waals surface area contributed by atoms with Crippen LogP contribution in [0.25, 0.3) is 0 Å². The van der Waals surface area contributed by atoms with Gasteiger partial charge in [0, 0.05) is 7.05 Å². The van der Waals surface area contributed by atoms with Crippen molar-refractivity contribution in [2.45, 2.75) is 12.2 Å². The van der Waals surface area contributed by atoms with Gasteiger partial charge in [-0.15, -0.1) is 0 Å². The van der Waals surface area contributed by atoms with Crippen molar-refractivity contribution in [2.75, 3.05) is 13.2 Å². The lowest BCUT2D eigenvalue weighted by Gasteiger charge is -2.14. The molecular weight excluding hydrogens is 291 g/mol. The van der Waals surface area contributed by atoms with Crippen LogP contribution >= 0.6 is 15.9 Å². The second-order valence-corrected chi connectivity index (χ2v) is 4.09. The highest BCUT2D eigenvalue weighted by Crippen LogP contribution is 2.22. The maximum Gasteiger partial charge on any atom is 0.411 e. The molecule has 1 atom stereocenters. The number of nitrogens with zero attached hydrogens (tertiary/aromatic N) is 2. The van der Waals surface area contributed by atoms with Crippen LogP contribution in [-0.2, 0) is 11.8 Å². The van der Waals surface area contributed by atoms with Crippen LogP contribution in [0.15, 0.2) is 10.7 Å². The summed E-state index contributed by atoms with van der Waals surface area (Å²) in [6.45, 7) is -1.51. The van der Waals surface area contributed by atoms with Gasteiger partial charge in [-0.2, -0.15) is 18.3 Å². The molecular formula is C8H11BrF3N3O. The molecule has 0 bridgehead atoms. The van der Waals surface area contributed by atoms with Gasteiger partial charge in [-0.3, -0.25) is 4.68 Å². The predicted molar refractivity (Wildman–Crippen MR) is 54.7 cm³/mol. The minimum atomic E-state index is -4.33. The molecule has 2 N–H and O–H groups in total. The summed E-state index contributed by atoms with van der Waals surface area (Å²) >= 11 is 3.21. The molecule has 0 spiro atoms. The summed E-state index contributed by atoms with van der Waals surface area (Å²) in [5, 5.41) is 3.91. The number of rotatable bonds is 4. The average Bonchev–Trinajstić information content (AvgIpc) is 2.43. The van der Waals surface area contributed by atoms with Crippen LogP contribution in [-0.4, -0.2) is 29.2 Å². The Labute approximate surface area is 98.7 Å². The lowest BCUT2D eigenvalue weighted by molar-refractivity contribution is -0.174. The highest BCUT2D eigenvalue weighted by Gasteiger charge is 2.28. The van der Waals surface area contributed by atoms with E-state index in [1.54, 1.807) is 7.05 Å². The quantitative estimate of drug-likeness (QED) is 0.922. The normalized spacial score (nSPS) is 14.1. The molecule has 1 aromatic heterocycles. The molecule has 16 heavy (non-hydrogen) atoms. The summed E-state index contributed by atoms with van der Waals surface area (Å²) in [5.41, 5.74) is 6.29. The first kappa shape index (κ1) is 13.5. The summed E-state index contributed by atoms with van der Waals surface area (Å²) < 4.78 is 42.1. The van der Waals surface area contributed by atoms with Crippen molar-refractivity contribution in [3.63, 3.8) is 0 Å². The molecule has 0 amide bonds. The Bertz CT molecular complexity index is 333. The number of ether oxygens (including phenoxy) is 1. The molecule has 1 rings (SSSR count). The minimum Gasteiger partial charge on any atom is -0.370 e. The lowest BCUT2D eigenvalue weighted by Crippen LogP contribution is -2.24. The van der Waals surface area contributed by atoms with Gasteiger partial charge in [-0.25, -0.2) is 0 Å². The highest BCUT2D eigenvalue weighted by molar-refractivity contribution is 9.10. The molecule has 0 aliphatic rings. The standard InChI is InChI=1S/C8H11BrF3N3O/c1-15-7(5(9)2-14-15)6(13)3-16-4-8(10,11)12/h2,6H,3-4,13H2,1H3. The van der Waals surface area contributed by atoms with Crippen molar-refractivity contribution in [1.82, 2.24) is 9.78 Å². The summed E-state index contributed by atoms with van der Waals surface area (Å²) in [7, 11) is 1.66. The SMILES string of the molecule is Cn1ncc(Br)c1C(N)COCC(F)(F)F. The van der Waals surface area contributed by atoms with E-state index in [4.69, 9.17) is 5.73 Å². The maximum absolute atomic E-state index is 11.8. The van der Waals surface area contributed by atoms with Crippen LogP contribution in [0, 0.1) is 0 Å². The Balaban J connectivity index is 2.50. The van der Waals surface area contributed by atoms with E-state index in [-0.39, 0.29) is 6.61 Å². The number of hydrogen-bond donors (Lipinski definition) is 1. The van der Waals surface area contributed by atoms with Crippen molar-refractivity contribution >= 4 is 15.9 Å². The van der Waals surface area contributed by atoms with Gasteiger partial charge in [-0.05, 0) is 15.9 Å². The van der Waals surface area contributed by atoms with Crippen molar-refractivity contribution in [2.24, 2.45) is 12.8 Å². The molecule has 4 nitrogen and oxygen atoms in total. The molecule has 0 aromatic carbocycles. The summed E-state index contributed by atoms with van der Waals surface area (Å²) in [6.07, 6.45) is -2.80. The van der Waals surface area contributed by atoms with Crippen LogP contribution in [0.4, 0.5) is 13.2 Å². The largest absolute Gasteiger partial charge is 0.411 e. The molecule has 0 saturated heterocycles. The zero-order valence-electron chi connectivity index (χ0n) is 8.46. The predicted octanol–water partition coefficient (Wildman–Crippen LogP) is 1.76. The fraction of sp³-hybridized carbons (Fsp3) is 0.625. The fourth-order valence-corrected chi connectivity index (χ4v) is 1.86. The smallest absolute Gasteiger partial charge is 0.370 e. The Morgan fingerprint density at radius 2 is 2.25 bits per heavy atom. The van der Waals surface area contributed by atoms with Crippen LogP contribution in [0.3, 0.4) is 0 Å². The van der Waals surface area contributed by atoms with E-state index in [0.717, 1.165) is 0 Å². The van der Waals surface area contributed by atoms with Crippen molar-refractivity contribution in [1.29, 1.82) is 0 Å². The van der Waals surface area contributed by atoms with E-state index in [9.17, 15) is 13.2 Å². The molecule has 0 aliphatic carbocycles. The van der Waals surface area contributed by atoms with Gasteiger partial charge in [0.2, 0.25) is 0 Å². The third-order valence-electron chi connectivity index (χ3n) is 1.85. The Hall–Kier alpha value is -0.600. The van der Waals surface area contributed by atoms with Crippen LogP contribution < -0.4 is 5.73 Å². The Morgan fingerprint density at radius 1 is 1.62 bits per heavy atom. The van der Waals surface area contributed by atoms with E-state index in [1.807, 2.05) is 0 Å². The Morgan fingerprint density at radius 3 is 2.69 bits per heavy atom. The van der Waals surface area contributed by atoms with Gasteiger partial charge in [0.1, 0.15) is 6.61 Å². The fourth-order valence-electron chi connectivity index (χ4n) is 1.22. The number of nitrogens with two attached hydrogens (primary N) is 1. The van der Waals surface area contributed by atoms with E-state index in [1.165, 1.54) is 10.9 Å². The van der Waals surface area contributed by atoms with Crippen molar-refractivity contribution < 1.29 is 17.9 Å². The number of aryl methyl sites for hydroxylation is 1. The first-order valence-corrected chi connectivity index (χ1v) is 5.18. The molecule has 0 aliphatic heterocycles. The second kappa shape index (κ2) is 5.15. The van der Waals surface area contributed by atoms with Gasteiger partial charge in [0.05, 0.1) is 29.0 Å². The van der Waals surface area contributed by atoms with Crippen LogP contribution in [0.2, 0.25) is 0 Å². The van der Waals surface area contributed by atoms with Gasteiger partial charge in [-0.1, -0.05) is 0 Å². The maximum atomic E-state index is 11.8. The number of hydrogen-bond acceptors (Lipinski definition) is 3. The monoisotopic (exact) mass is 301 g/mol. The average molecular weight is 302 g/mol. The van der Waals surface area contributed by atoms with Crippen molar-refractivity contribution in [3.8, 4) is 0 Å². The third-order valence-corrected chi connectivity index (χ3v) is 2.46. The molecule has 8 heteroatoms. The van der Waals surface area contributed by atoms with Crippen LogP contribution in [0.5, 0.6) is 0 Å². The third kappa shape index (κ3) is 3.76. The highest BCUT2D eigenvalue weighted by atomic mass is 79.9. The molecule has 1 heterocycles. The van der Waals surface area contributed by atoms with E-state index in [0.29, 0.717) is 10.2 Å². The number of halogens is 4. The molecule has 1 aromatic rings. The van der Waals surface area contributed by atoms with Gasteiger partial charge < -0.3 is 10.5 Å². The van der Waals surface area contributed by atoms with Crippen molar-refractivity contribution in [3.05, 3.63) is 16.4 Å². The zero-order chi connectivity index (χ0) is 12.3. The number of alkyl halides is 3. The molecule has 0 fully saturated rings. The minimum absolute atomic E-state index is 0.211. The summed E-state index contributed by atoms with van der Waals surface area (Å²) in [5.74, 6) is 0. The van der Waals surface area contributed by atoms with E-state index >= 15 is 0 Å². The number of aromatic nitrogens is 2. The van der Waals surface area contributed by atoms with Crippen LogP contribution in [0.1, 0.15) is 11.7 Å². The summed E-state index contributed by atoms with van der Waals surface area (Å²) in [4.78, 5) is 0. The van der Waals surface area contributed by atoms with Gasteiger partial charge in [0.25, 0.3) is 0 Å². The van der Waals surface area contributed by atoms with E-state index < -0.39 is 18.8 Å². The molecule has 1 unspecified atom stereocenters.